The van der Waals surface area contributed by atoms with Gasteiger partial charge in [-0.1, -0.05) is 40.0 Å². The van der Waals surface area contributed by atoms with E-state index in [0.717, 1.165) is 31.5 Å². The molecule has 0 aromatic carbocycles. The van der Waals surface area contributed by atoms with Gasteiger partial charge in [-0.2, -0.15) is 0 Å². The van der Waals surface area contributed by atoms with Gasteiger partial charge in [-0.25, -0.2) is 9.97 Å². The van der Waals surface area contributed by atoms with Crippen molar-refractivity contribution in [1.29, 1.82) is 0 Å². The van der Waals surface area contributed by atoms with Gasteiger partial charge in [-0.05, 0) is 12.8 Å². The summed E-state index contributed by atoms with van der Waals surface area (Å²) < 4.78 is 0. The van der Waals surface area contributed by atoms with Gasteiger partial charge in [0, 0.05) is 11.3 Å². The number of carbonyl (C=O) groups excluding carboxylic acids is 1. The summed E-state index contributed by atoms with van der Waals surface area (Å²) in [7, 11) is 0. The zero-order chi connectivity index (χ0) is 13.9. The number of rotatable bonds is 2. The summed E-state index contributed by atoms with van der Waals surface area (Å²) in [6.45, 7) is 6.22. The van der Waals surface area contributed by atoms with Gasteiger partial charge in [-0.3, -0.25) is 4.79 Å². The minimum Gasteiger partial charge on any atom is -0.323 e. The Hall–Kier alpha value is -1.45. The zero-order valence-electron chi connectivity index (χ0n) is 12.1. The Kier molecular flexibility index (Phi) is 4.17. The van der Waals surface area contributed by atoms with E-state index < -0.39 is 0 Å². The molecular formula is C15H23N3O. The van der Waals surface area contributed by atoms with E-state index in [4.69, 9.17) is 0 Å². The fraction of sp³-hybridized carbons (Fsp3) is 0.667. The predicted molar refractivity (Wildman–Crippen MR) is 75.9 cm³/mol. The van der Waals surface area contributed by atoms with Crippen LogP contribution in [0, 0.1) is 5.92 Å². The minimum absolute atomic E-state index is 0.0636. The molecule has 4 heteroatoms. The molecular weight excluding hydrogens is 238 g/mol. The van der Waals surface area contributed by atoms with E-state index in [1.54, 1.807) is 12.4 Å². The topological polar surface area (TPSA) is 54.9 Å². The number of amides is 1. The smallest absolute Gasteiger partial charge is 0.227 e. The van der Waals surface area contributed by atoms with Crippen molar-refractivity contribution in [2.45, 2.75) is 58.3 Å². The molecule has 4 nitrogen and oxygen atoms in total. The highest BCUT2D eigenvalue weighted by Crippen LogP contribution is 2.25. The highest BCUT2D eigenvalue weighted by atomic mass is 16.1. The summed E-state index contributed by atoms with van der Waals surface area (Å²) in [5.74, 6) is 1.08. The number of hydrogen-bond donors (Lipinski definition) is 1. The lowest BCUT2D eigenvalue weighted by atomic mass is 9.88. The lowest BCUT2D eigenvalue weighted by Crippen LogP contribution is -2.25. The second kappa shape index (κ2) is 5.68. The number of aromatic nitrogens is 2. The van der Waals surface area contributed by atoms with Crippen molar-refractivity contribution >= 4 is 11.6 Å². The largest absolute Gasteiger partial charge is 0.323 e. The second-order valence-corrected chi connectivity index (χ2v) is 6.37. The van der Waals surface area contributed by atoms with Crippen molar-refractivity contribution in [2.24, 2.45) is 5.92 Å². The second-order valence-electron chi connectivity index (χ2n) is 6.37. The number of nitrogens with one attached hydrogen (secondary N) is 1. The number of carbonyl (C=O) groups is 1. The minimum atomic E-state index is -0.0636. The Morgan fingerprint density at radius 3 is 2.26 bits per heavy atom. The Morgan fingerprint density at radius 2 is 1.74 bits per heavy atom. The van der Waals surface area contributed by atoms with E-state index in [2.05, 4.69) is 36.1 Å². The molecule has 0 saturated heterocycles. The van der Waals surface area contributed by atoms with Crippen LogP contribution in [0.3, 0.4) is 0 Å². The first-order valence-corrected chi connectivity index (χ1v) is 7.10. The third-order valence-corrected chi connectivity index (χ3v) is 3.57. The van der Waals surface area contributed by atoms with Crippen LogP contribution in [0.2, 0.25) is 0 Å². The summed E-state index contributed by atoms with van der Waals surface area (Å²) in [6, 6.07) is 0. The van der Waals surface area contributed by atoms with E-state index in [9.17, 15) is 4.79 Å². The fourth-order valence-electron chi connectivity index (χ4n) is 2.39. The summed E-state index contributed by atoms with van der Waals surface area (Å²) in [5, 5.41) is 2.93. The van der Waals surface area contributed by atoms with Crippen LogP contribution in [0.5, 0.6) is 0 Å². The van der Waals surface area contributed by atoms with Crippen LogP contribution in [0.15, 0.2) is 12.4 Å². The molecule has 0 bridgehead atoms. The molecule has 1 aromatic rings. The fourth-order valence-corrected chi connectivity index (χ4v) is 2.39. The maximum absolute atomic E-state index is 12.1. The molecule has 2 rings (SSSR count). The first kappa shape index (κ1) is 14.0. The van der Waals surface area contributed by atoms with Crippen molar-refractivity contribution in [3.05, 3.63) is 18.2 Å². The molecule has 1 fully saturated rings. The maximum Gasteiger partial charge on any atom is 0.227 e. The Bertz CT molecular complexity index is 428. The van der Waals surface area contributed by atoms with Gasteiger partial charge < -0.3 is 5.32 Å². The Morgan fingerprint density at radius 1 is 1.16 bits per heavy atom. The normalized spacial score (nSPS) is 17.2. The van der Waals surface area contributed by atoms with E-state index in [1.807, 2.05) is 0 Å². The molecule has 0 aliphatic heterocycles. The molecule has 0 radical (unpaired) electrons. The molecule has 19 heavy (non-hydrogen) atoms. The first-order chi connectivity index (χ1) is 8.97. The third-order valence-electron chi connectivity index (χ3n) is 3.57. The van der Waals surface area contributed by atoms with Gasteiger partial charge in [0.2, 0.25) is 5.91 Å². The van der Waals surface area contributed by atoms with Crippen LogP contribution in [0.4, 0.5) is 5.69 Å². The van der Waals surface area contributed by atoms with E-state index in [0.29, 0.717) is 5.69 Å². The molecule has 1 aromatic heterocycles. The molecule has 0 atom stereocenters. The van der Waals surface area contributed by atoms with Gasteiger partial charge >= 0.3 is 0 Å². The van der Waals surface area contributed by atoms with Crippen LogP contribution < -0.4 is 5.32 Å². The average molecular weight is 261 g/mol. The zero-order valence-corrected chi connectivity index (χ0v) is 12.1. The van der Waals surface area contributed by atoms with Gasteiger partial charge in [0.15, 0.2) is 0 Å². The molecule has 1 heterocycles. The first-order valence-electron chi connectivity index (χ1n) is 7.10. The molecule has 0 unspecified atom stereocenters. The molecule has 1 N–H and O–H groups in total. The number of anilines is 1. The van der Waals surface area contributed by atoms with Gasteiger partial charge in [-0.15, -0.1) is 0 Å². The van der Waals surface area contributed by atoms with Crippen LogP contribution in [0.1, 0.15) is 58.7 Å². The van der Waals surface area contributed by atoms with Crippen LogP contribution in [-0.2, 0) is 10.2 Å². The summed E-state index contributed by atoms with van der Waals surface area (Å²) in [4.78, 5) is 20.7. The Labute approximate surface area is 115 Å². The van der Waals surface area contributed by atoms with Crippen molar-refractivity contribution in [1.82, 2.24) is 9.97 Å². The highest BCUT2D eigenvalue weighted by molar-refractivity contribution is 5.92. The van der Waals surface area contributed by atoms with E-state index in [-0.39, 0.29) is 17.2 Å². The Balaban J connectivity index is 1.97. The van der Waals surface area contributed by atoms with Crippen molar-refractivity contribution in [2.75, 3.05) is 5.32 Å². The summed E-state index contributed by atoms with van der Waals surface area (Å²) in [6.07, 6.45) is 9.00. The third kappa shape index (κ3) is 3.75. The molecule has 1 aliphatic rings. The summed E-state index contributed by atoms with van der Waals surface area (Å²) >= 11 is 0. The lowest BCUT2D eigenvalue weighted by Gasteiger charge is -2.21. The van der Waals surface area contributed by atoms with E-state index in [1.165, 1.54) is 6.42 Å². The van der Waals surface area contributed by atoms with Crippen molar-refractivity contribution < 1.29 is 4.79 Å². The van der Waals surface area contributed by atoms with Crippen LogP contribution in [-0.4, -0.2) is 15.9 Å². The molecule has 1 aliphatic carbocycles. The lowest BCUT2D eigenvalue weighted by molar-refractivity contribution is -0.120. The average Bonchev–Trinajstić information content (AvgIpc) is 2.39. The van der Waals surface area contributed by atoms with Gasteiger partial charge in [0.05, 0.1) is 18.1 Å². The monoisotopic (exact) mass is 261 g/mol. The van der Waals surface area contributed by atoms with Crippen LogP contribution in [0.25, 0.3) is 0 Å². The van der Waals surface area contributed by atoms with Crippen LogP contribution >= 0.6 is 0 Å². The van der Waals surface area contributed by atoms with E-state index >= 15 is 0 Å². The quantitative estimate of drug-likeness (QED) is 0.888. The van der Waals surface area contributed by atoms with Gasteiger partial charge in [0.25, 0.3) is 0 Å². The van der Waals surface area contributed by atoms with Gasteiger partial charge in [0.1, 0.15) is 5.82 Å². The SMILES string of the molecule is CC(C)(C)c1ncc(NC(=O)C2CCCCC2)cn1. The van der Waals surface area contributed by atoms with Crippen molar-refractivity contribution in [3.63, 3.8) is 0 Å². The highest BCUT2D eigenvalue weighted by Gasteiger charge is 2.21. The maximum atomic E-state index is 12.1. The standard InChI is InChI=1S/C15H23N3O/c1-15(2,3)14-16-9-12(10-17-14)18-13(19)11-7-5-4-6-8-11/h9-11H,4-8H2,1-3H3,(H,18,19). The summed E-state index contributed by atoms with van der Waals surface area (Å²) in [5.41, 5.74) is 0.634. The molecule has 104 valence electrons. The number of nitrogens with zero attached hydrogens (tertiary/aromatic N) is 2. The molecule has 1 saturated carbocycles. The predicted octanol–water partition coefficient (Wildman–Crippen LogP) is 3.29. The number of hydrogen-bond acceptors (Lipinski definition) is 3. The molecule has 1 amide bonds. The van der Waals surface area contributed by atoms with Crippen molar-refractivity contribution in [3.8, 4) is 0 Å². The molecule has 0 spiro atoms.